The minimum atomic E-state index is 0. The highest BCUT2D eigenvalue weighted by Crippen LogP contribution is 2.15. The van der Waals surface area contributed by atoms with Crippen molar-refractivity contribution in [3.8, 4) is 0 Å². The second kappa shape index (κ2) is 13.9. The highest BCUT2D eigenvalue weighted by Gasteiger charge is 2.05. The molecular weight excluding hydrogens is 471 g/mol. The van der Waals surface area contributed by atoms with Crippen molar-refractivity contribution in [1.29, 1.82) is 0 Å². The molecule has 0 radical (unpaired) electrons. The number of guanidine groups is 1. The number of nitrogens with zero attached hydrogens (tertiary/aromatic N) is 2. The van der Waals surface area contributed by atoms with Crippen molar-refractivity contribution >= 4 is 41.3 Å². The molecule has 150 valence electrons. The number of nitrogens with one attached hydrogen (secondary N) is 2. The van der Waals surface area contributed by atoms with E-state index in [9.17, 15) is 0 Å². The van der Waals surface area contributed by atoms with Gasteiger partial charge in [-0.15, -0.1) is 35.3 Å². The zero-order valence-corrected chi connectivity index (χ0v) is 19.6. The summed E-state index contributed by atoms with van der Waals surface area (Å²) >= 11 is 1.79. The van der Waals surface area contributed by atoms with Crippen LogP contribution in [0.3, 0.4) is 0 Å². The molecule has 0 spiro atoms. The van der Waals surface area contributed by atoms with Crippen molar-refractivity contribution in [1.82, 2.24) is 15.6 Å². The fourth-order valence-electron chi connectivity index (χ4n) is 2.49. The van der Waals surface area contributed by atoms with E-state index in [2.05, 4.69) is 46.6 Å². The third kappa shape index (κ3) is 9.03. The van der Waals surface area contributed by atoms with Gasteiger partial charge in [0.25, 0.3) is 0 Å². The molecule has 7 heteroatoms. The first-order valence-corrected chi connectivity index (χ1v) is 10.1. The minimum Gasteiger partial charge on any atom is -0.374 e. The van der Waals surface area contributed by atoms with Crippen LogP contribution in [0.4, 0.5) is 0 Å². The lowest BCUT2D eigenvalue weighted by Gasteiger charge is -2.14. The molecule has 0 saturated carbocycles. The Hall–Kier alpha value is -1.19. The number of halogens is 1. The van der Waals surface area contributed by atoms with E-state index in [1.54, 1.807) is 18.4 Å². The molecule has 27 heavy (non-hydrogen) atoms. The Morgan fingerprint density at radius 2 is 1.96 bits per heavy atom. The largest absolute Gasteiger partial charge is 0.374 e. The van der Waals surface area contributed by atoms with Crippen molar-refractivity contribution in [2.45, 2.75) is 39.2 Å². The van der Waals surface area contributed by atoms with Gasteiger partial charge in [-0.25, -0.2) is 4.98 Å². The van der Waals surface area contributed by atoms with E-state index >= 15 is 0 Å². The maximum absolute atomic E-state index is 5.89. The fraction of sp³-hybridized carbons (Fsp3) is 0.500. The maximum atomic E-state index is 5.89. The van der Waals surface area contributed by atoms with E-state index in [1.807, 2.05) is 24.4 Å². The molecule has 1 heterocycles. The van der Waals surface area contributed by atoms with Crippen LogP contribution in [0.2, 0.25) is 0 Å². The normalized spacial score (nSPS) is 12.3. The summed E-state index contributed by atoms with van der Waals surface area (Å²) in [4.78, 5) is 10.0. The Labute approximate surface area is 184 Å². The predicted molar refractivity (Wildman–Crippen MR) is 125 cm³/mol. The number of thiazole rings is 1. The Balaban J connectivity index is 0.00000364. The van der Waals surface area contributed by atoms with Crippen LogP contribution in [-0.2, 0) is 17.6 Å². The van der Waals surface area contributed by atoms with Crippen LogP contribution >= 0.6 is 35.3 Å². The first-order valence-electron chi connectivity index (χ1n) is 9.27. The molecule has 0 aliphatic heterocycles. The number of rotatable bonds is 10. The van der Waals surface area contributed by atoms with E-state index < -0.39 is 0 Å². The molecule has 1 aromatic carbocycles. The molecule has 0 aliphatic carbocycles. The lowest BCUT2D eigenvalue weighted by molar-refractivity contribution is 0.0646. The molecule has 2 N–H and O–H groups in total. The average molecular weight is 502 g/mol. The number of hydrogen-bond donors (Lipinski definition) is 2. The molecule has 0 fully saturated rings. The van der Waals surface area contributed by atoms with Crippen molar-refractivity contribution in [3.63, 3.8) is 0 Å². The number of hydrogen-bond acceptors (Lipinski definition) is 4. The molecule has 1 aromatic heterocycles. The van der Waals surface area contributed by atoms with Gasteiger partial charge in [-0.2, -0.15) is 0 Å². The number of ether oxygens (including phenoxy) is 1. The molecule has 0 amide bonds. The van der Waals surface area contributed by atoms with Gasteiger partial charge < -0.3 is 15.4 Å². The van der Waals surface area contributed by atoms with Crippen LogP contribution < -0.4 is 10.6 Å². The quantitative estimate of drug-likeness (QED) is 0.221. The van der Waals surface area contributed by atoms with Gasteiger partial charge in [0.1, 0.15) is 0 Å². The Morgan fingerprint density at radius 3 is 2.63 bits per heavy atom. The van der Waals surface area contributed by atoms with Gasteiger partial charge in [0.2, 0.25) is 0 Å². The third-order valence-electron chi connectivity index (χ3n) is 4.06. The summed E-state index contributed by atoms with van der Waals surface area (Å²) in [6.07, 6.45) is 5.01. The van der Waals surface area contributed by atoms with Crippen LogP contribution in [0.15, 0.2) is 41.5 Å². The second-order valence-electron chi connectivity index (χ2n) is 6.03. The molecule has 5 nitrogen and oxygen atoms in total. The monoisotopic (exact) mass is 502 g/mol. The highest BCUT2D eigenvalue weighted by molar-refractivity contribution is 14.0. The van der Waals surface area contributed by atoms with Crippen LogP contribution in [0.25, 0.3) is 0 Å². The summed E-state index contributed by atoms with van der Waals surface area (Å²) in [5.41, 5.74) is 1.21. The third-order valence-corrected chi connectivity index (χ3v) is 5.26. The summed E-state index contributed by atoms with van der Waals surface area (Å²) < 4.78 is 5.89. The topological polar surface area (TPSA) is 58.5 Å². The molecule has 1 atom stereocenters. The summed E-state index contributed by atoms with van der Waals surface area (Å²) in [5.74, 6) is 0.827. The molecule has 2 rings (SSSR count). The van der Waals surface area contributed by atoms with E-state index in [0.717, 1.165) is 44.9 Å². The van der Waals surface area contributed by atoms with Crippen LogP contribution in [0.5, 0.6) is 0 Å². The second-order valence-corrected chi connectivity index (χ2v) is 7.23. The first kappa shape index (κ1) is 23.8. The highest BCUT2D eigenvalue weighted by atomic mass is 127. The van der Waals surface area contributed by atoms with Gasteiger partial charge in [0.15, 0.2) is 5.96 Å². The summed E-state index contributed by atoms with van der Waals surface area (Å²) in [6, 6.07) is 10.3. The van der Waals surface area contributed by atoms with Crippen LogP contribution in [0, 0.1) is 0 Å². The minimum absolute atomic E-state index is 0. The van der Waals surface area contributed by atoms with E-state index in [1.165, 1.54) is 15.4 Å². The van der Waals surface area contributed by atoms with E-state index in [-0.39, 0.29) is 30.1 Å². The van der Waals surface area contributed by atoms with Gasteiger partial charge in [0, 0.05) is 44.2 Å². The zero-order chi connectivity index (χ0) is 18.6. The predicted octanol–water partition coefficient (Wildman–Crippen LogP) is 4.20. The summed E-state index contributed by atoms with van der Waals surface area (Å²) in [5, 5.41) is 7.84. The molecule has 0 aliphatic rings. The van der Waals surface area contributed by atoms with E-state index in [0.29, 0.717) is 0 Å². The maximum Gasteiger partial charge on any atom is 0.190 e. The molecular formula is C20H31IN4OS. The average Bonchev–Trinajstić information content (AvgIpc) is 3.14. The van der Waals surface area contributed by atoms with E-state index in [4.69, 9.17) is 4.74 Å². The molecule has 1 unspecified atom stereocenters. The molecule has 0 bridgehead atoms. The standard InChI is InChI=1S/C20H30N4OS.HI/c1-4-18-15-24-19(26-18)11-13-23-20(21-3)22-12-8-14-25-16(2)17-9-6-5-7-10-17;/h5-7,9-10,15-16H,4,8,11-14H2,1-3H3,(H2,21,22,23);1H. The zero-order valence-electron chi connectivity index (χ0n) is 16.4. The Kier molecular flexibility index (Phi) is 12.3. The number of aromatic nitrogens is 1. The molecule has 2 aromatic rings. The van der Waals surface area contributed by atoms with Gasteiger partial charge in [-0.1, -0.05) is 37.3 Å². The summed E-state index contributed by atoms with van der Waals surface area (Å²) in [7, 11) is 1.79. The van der Waals surface area contributed by atoms with Crippen LogP contribution in [0.1, 0.15) is 41.8 Å². The Morgan fingerprint density at radius 1 is 1.22 bits per heavy atom. The smallest absolute Gasteiger partial charge is 0.190 e. The van der Waals surface area contributed by atoms with Gasteiger partial charge in [0.05, 0.1) is 11.1 Å². The van der Waals surface area contributed by atoms with Gasteiger partial charge in [-0.3, -0.25) is 4.99 Å². The molecule has 0 saturated heterocycles. The van der Waals surface area contributed by atoms with Crippen LogP contribution in [-0.4, -0.2) is 37.7 Å². The fourth-order valence-corrected chi connectivity index (χ4v) is 3.36. The number of aryl methyl sites for hydroxylation is 1. The summed E-state index contributed by atoms with van der Waals surface area (Å²) in [6.45, 7) is 6.63. The number of benzene rings is 1. The van der Waals surface area contributed by atoms with Crippen molar-refractivity contribution in [3.05, 3.63) is 52.0 Å². The van der Waals surface area contributed by atoms with Crippen molar-refractivity contribution in [2.24, 2.45) is 4.99 Å². The van der Waals surface area contributed by atoms with Crippen molar-refractivity contribution < 1.29 is 4.74 Å². The lowest BCUT2D eigenvalue weighted by Crippen LogP contribution is -2.39. The Bertz CT molecular complexity index is 663. The van der Waals surface area contributed by atoms with Gasteiger partial charge in [-0.05, 0) is 25.3 Å². The van der Waals surface area contributed by atoms with Crippen molar-refractivity contribution in [2.75, 3.05) is 26.7 Å². The lowest BCUT2D eigenvalue weighted by atomic mass is 10.1. The number of aliphatic imine (C=N–C) groups is 1. The van der Waals surface area contributed by atoms with Gasteiger partial charge >= 0.3 is 0 Å². The first-order chi connectivity index (χ1) is 12.7. The SMILES string of the molecule is CCc1cnc(CCNC(=NC)NCCCOC(C)c2ccccc2)s1.I.